The molecule has 0 atom stereocenters. The molecule has 1 aromatic heterocycles. The van der Waals surface area contributed by atoms with E-state index in [1.165, 1.54) is 17.0 Å². The van der Waals surface area contributed by atoms with E-state index in [2.05, 4.69) is 9.97 Å². The number of para-hydroxylation sites is 1. The molecule has 0 radical (unpaired) electrons. The highest BCUT2D eigenvalue weighted by Gasteiger charge is 2.33. The van der Waals surface area contributed by atoms with Crippen molar-refractivity contribution in [2.45, 2.75) is 21.4 Å². The van der Waals surface area contributed by atoms with Crippen molar-refractivity contribution >= 4 is 39.1 Å². The molecular formula is C25H19N3O4S2. The Hall–Kier alpha value is -3.69. The van der Waals surface area contributed by atoms with E-state index in [0.717, 1.165) is 17.3 Å². The summed E-state index contributed by atoms with van der Waals surface area (Å²) in [6, 6.07) is 24.3. The van der Waals surface area contributed by atoms with Crippen molar-refractivity contribution in [3.8, 4) is 11.4 Å². The Labute approximate surface area is 200 Å². The summed E-state index contributed by atoms with van der Waals surface area (Å²) in [4.78, 5) is 34.2. The third kappa shape index (κ3) is 4.04. The summed E-state index contributed by atoms with van der Waals surface area (Å²) >= 11 is 0.991. The van der Waals surface area contributed by atoms with E-state index in [-0.39, 0.29) is 33.0 Å². The number of carbonyl (C=O) groups excluding carboxylic acids is 2. The lowest BCUT2D eigenvalue weighted by Gasteiger charge is -2.15. The molecule has 0 fully saturated rings. The van der Waals surface area contributed by atoms with Crippen molar-refractivity contribution in [2.24, 2.45) is 0 Å². The Bertz CT molecular complexity index is 1480. The van der Waals surface area contributed by atoms with E-state index in [1.807, 2.05) is 42.5 Å². The Morgan fingerprint density at radius 2 is 1.59 bits per heavy atom. The quantitative estimate of drug-likeness (QED) is 0.409. The maximum Gasteiger partial charge on any atom is 0.244 e. The van der Waals surface area contributed by atoms with Gasteiger partial charge in [0.1, 0.15) is 10.9 Å². The van der Waals surface area contributed by atoms with Gasteiger partial charge in [0.15, 0.2) is 5.03 Å². The molecule has 9 heteroatoms. The molecule has 34 heavy (non-hydrogen) atoms. The summed E-state index contributed by atoms with van der Waals surface area (Å²) in [5, 5.41) is 0.0967. The monoisotopic (exact) mass is 489 g/mol. The van der Waals surface area contributed by atoms with Gasteiger partial charge < -0.3 is 4.98 Å². The average molecular weight is 490 g/mol. The fraction of sp³-hybridized carbons (Fsp3) is 0.0800. The fourth-order valence-electron chi connectivity index (χ4n) is 3.79. The number of aromatic amines is 1. The largest absolute Gasteiger partial charge is 0.328 e. The predicted octanol–water partition coefficient (Wildman–Crippen LogP) is 4.12. The molecule has 1 N–H and O–H groups in total. The summed E-state index contributed by atoms with van der Waals surface area (Å²) in [5.41, 5.74) is 2.08. The second-order valence-electron chi connectivity index (χ2n) is 7.62. The number of carbonyl (C=O) groups is 2. The Morgan fingerprint density at radius 1 is 0.941 bits per heavy atom. The zero-order valence-corrected chi connectivity index (χ0v) is 19.5. The first kappa shape index (κ1) is 22.1. The average Bonchev–Trinajstić information content (AvgIpc) is 3.45. The van der Waals surface area contributed by atoms with Crippen LogP contribution in [0.25, 0.3) is 11.4 Å². The number of thioether (sulfide) groups is 1. The number of imidazole rings is 1. The molecule has 0 saturated heterocycles. The van der Waals surface area contributed by atoms with Gasteiger partial charge >= 0.3 is 0 Å². The highest BCUT2D eigenvalue weighted by molar-refractivity contribution is 8.00. The Kier molecular flexibility index (Phi) is 5.80. The van der Waals surface area contributed by atoms with Gasteiger partial charge in [0.05, 0.1) is 22.8 Å². The molecule has 1 aliphatic rings. The van der Waals surface area contributed by atoms with E-state index < -0.39 is 15.7 Å². The minimum atomic E-state index is -3.91. The second kappa shape index (κ2) is 8.92. The Morgan fingerprint density at radius 3 is 2.32 bits per heavy atom. The van der Waals surface area contributed by atoms with Crippen LogP contribution in [0.3, 0.4) is 0 Å². The number of anilines is 1. The summed E-state index contributed by atoms with van der Waals surface area (Å²) in [7, 11) is -3.91. The van der Waals surface area contributed by atoms with Crippen LogP contribution in [0.2, 0.25) is 0 Å². The number of nitrogens with zero attached hydrogens (tertiary/aromatic N) is 2. The lowest BCUT2D eigenvalue weighted by atomic mass is 10.2. The van der Waals surface area contributed by atoms with E-state index in [0.29, 0.717) is 17.1 Å². The molecule has 5 rings (SSSR count). The maximum atomic E-state index is 13.4. The number of hydrogen-bond donors (Lipinski definition) is 1. The minimum Gasteiger partial charge on any atom is -0.328 e. The molecular weight excluding hydrogens is 470 g/mol. The standard InChI is InChI=1S/C25H19N3O4S2/c29-21-15-18-11-7-8-14-20(18)28(21)22(30)16-33-24-25(34(31,32)19-12-5-2-6-13-19)27-23(26-24)17-9-3-1-4-10-17/h1-14H,15-16H2,(H,26,27). The first-order valence-corrected chi connectivity index (χ1v) is 12.9. The van der Waals surface area contributed by atoms with Crippen molar-refractivity contribution in [3.05, 3.63) is 90.5 Å². The van der Waals surface area contributed by atoms with Gasteiger partial charge in [-0.3, -0.25) is 9.59 Å². The summed E-state index contributed by atoms with van der Waals surface area (Å²) in [6.07, 6.45) is 0.167. The molecule has 0 unspecified atom stereocenters. The summed E-state index contributed by atoms with van der Waals surface area (Å²) in [6.45, 7) is 0. The van der Waals surface area contributed by atoms with Gasteiger partial charge in [-0.25, -0.2) is 18.3 Å². The van der Waals surface area contributed by atoms with Crippen molar-refractivity contribution in [1.29, 1.82) is 0 Å². The van der Waals surface area contributed by atoms with E-state index in [9.17, 15) is 18.0 Å². The van der Waals surface area contributed by atoms with Gasteiger partial charge in [-0.05, 0) is 23.8 Å². The maximum absolute atomic E-state index is 13.4. The molecule has 2 heterocycles. The molecule has 170 valence electrons. The number of fused-ring (bicyclic) bond motifs is 1. The van der Waals surface area contributed by atoms with Crippen LogP contribution in [-0.4, -0.2) is 36.0 Å². The van der Waals surface area contributed by atoms with Crippen LogP contribution in [0.5, 0.6) is 0 Å². The highest BCUT2D eigenvalue weighted by atomic mass is 32.2. The lowest BCUT2D eigenvalue weighted by molar-refractivity contribution is -0.124. The molecule has 1 aliphatic heterocycles. The first-order valence-electron chi connectivity index (χ1n) is 10.5. The molecule has 0 bridgehead atoms. The van der Waals surface area contributed by atoms with Crippen LogP contribution in [-0.2, 0) is 25.8 Å². The summed E-state index contributed by atoms with van der Waals surface area (Å²) < 4.78 is 26.8. The van der Waals surface area contributed by atoms with Gasteiger partial charge in [0.2, 0.25) is 21.7 Å². The van der Waals surface area contributed by atoms with E-state index in [1.54, 1.807) is 30.3 Å². The van der Waals surface area contributed by atoms with Gasteiger partial charge in [-0.2, -0.15) is 0 Å². The van der Waals surface area contributed by atoms with Gasteiger partial charge in [-0.1, -0.05) is 78.5 Å². The molecule has 7 nitrogen and oxygen atoms in total. The van der Waals surface area contributed by atoms with Crippen LogP contribution >= 0.6 is 11.8 Å². The number of aromatic nitrogens is 2. The molecule has 0 aliphatic carbocycles. The zero-order chi connectivity index (χ0) is 23.7. The molecule has 0 spiro atoms. The third-order valence-corrected chi connectivity index (χ3v) is 8.23. The second-order valence-corrected chi connectivity index (χ2v) is 10.5. The highest BCUT2D eigenvalue weighted by Crippen LogP contribution is 2.34. The van der Waals surface area contributed by atoms with Gasteiger partial charge in [0, 0.05) is 5.56 Å². The van der Waals surface area contributed by atoms with Gasteiger partial charge in [-0.15, -0.1) is 0 Å². The zero-order valence-electron chi connectivity index (χ0n) is 17.8. The SMILES string of the molecule is O=C(CSc1nc(-c2ccccc2)[nH]c1S(=O)(=O)c1ccccc1)N1C(=O)Cc2ccccc21. The minimum absolute atomic E-state index is 0.0801. The molecule has 4 aromatic rings. The Balaban J connectivity index is 1.48. The first-order chi connectivity index (χ1) is 16.4. The number of hydrogen-bond acceptors (Lipinski definition) is 6. The van der Waals surface area contributed by atoms with E-state index >= 15 is 0 Å². The van der Waals surface area contributed by atoms with Gasteiger partial charge in [0.25, 0.3) is 0 Å². The van der Waals surface area contributed by atoms with Crippen LogP contribution in [0, 0.1) is 0 Å². The van der Waals surface area contributed by atoms with E-state index in [4.69, 9.17) is 0 Å². The molecule has 0 saturated carbocycles. The lowest BCUT2D eigenvalue weighted by Crippen LogP contribution is -2.35. The topological polar surface area (TPSA) is 100 Å². The van der Waals surface area contributed by atoms with Crippen molar-refractivity contribution < 1.29 is 18.0 Å². The molecule has 2 amide bonds. The fourth-order valence-corrected chi connectivity index (χ4v) is 6.29. The van der Waals surface area contributed by atoms with Crippen LogP contribution in [0.15, 0.2) is 99.9 Å². The number of benzene rings is 3. The number of rotatable bonds is 6. The number of H-pyrrole nitrogens is 1. The van der Waals surface area contributed by atoms with Crippen LogP contribution < -0.4 is 4.90 Å². The third-order valence-electron chi connectivity index (χ3n) is 5.41. The number of nitrogens with one attached hydrogen (secondary N) is 1. The normalized spacial score (nSPS) is 13.2. The van der Waals surface area contributed by atoms with Crippen molar-refractivity contribution in [3.63, 3.8) is 0 Å². The van der Waals surface area contributed by atoms with Crippen LogP contribution in [0.4, 0.5) is 5.69 Å². The number of amides is 2. The number of sulfone groups is 1. The molecule has 3 aromatic carbocycles. The van der Waals surface area contributed by atoms with Crippen molar-refractivity contribution in [2.75, 3.05) is 10.7 Å². The van der Waals surface area contributed by atoms with Crippen molar-refractivity contribution in [1.82, 2.24) is 9.97 Å². The number of imide groups is 1. The predicted molar refractivity (Wildman–Crippen MR) is 129 cm³/mol. The van der Waals surface area contributed by atoms with Crippen LogP contribution in [0.1, 0.15) is 5.56 Å². The smallest absolute Gasteiger partial charge is 0.244 e. The summed E-state index contributed by atoms with van der Waals surface area (Å²) in [5.74, 6) is -0.480.